The van der Waals surface area contributed by atoms with Crippen LogP contribution in [0.3, 0.4) is 0 Å². The molecule has 0 radical (unpaired) electrons. The molecule has 1 aliphatic heterocycles. The lowest BCUT2D eigenvalue weighted by atomic mass is 10.1. The molecule has 6 nitrogen and oxygen atoms in total. The summed E-state index contributed by atoms with van der Waals surface area (Å²) in [5, 5.41) is 9.14. The number of benzene rings is 1. The number of nitrogens with zero attached hydrogens (tertiary/aromatic N) is 2. The Hall–Kier alpha value is -2.24. The molecule has 1 aliphatic rings. The van der Waals surface area contributed by atoms with Crippen molar-refractivity contribution in [3.8, 4) is 5.75 Å². The largest absolute Gasteiger partial charge is 0.481 e. The SMILES string of the molecule is CCCN(CC(C)C(=O)O)c1ccc2c(c1)N(C)C(=O)C(C)O2. The Labute approximate surface area is 136 Å². The molecule has 0 spiro atoms. The van der Waals surface area contributed by atoms with E-state index >= 15 is 0 Å². The molecule has 0 saturated heterocycles. The number of hydrogen-bond acceptors (Lipinski definition) is 4. The zero-order valence-corrected chi connectivity index (χ0v) is 14.1. The van der Waals surface area contributed by atoms with Gasteiger partial charge in [-0.05, 0) is 31.5 Å². The number of carbonyl (C=O) groups is 2. The monoisotopic (exact) mass is 320 g/mol. The number of aliphatic carboxylic acids is 1. The van der Waals surface area contributed by atoms with Gasteiger partial charge in [0.05, 0.1) is 11.6 Å². The first-order chi connectivity index (χ1) is 10.8. The van der Waals surface area contributed by atoms with Crippen LogP contribution in [0, 0.1) is 5.92 Å². The Morgan fingerprint density at radius 2 is 2.17 bits per heavy atom. The molecule has 1 aromatic rings. The van der Waals surface area contributed by atoms with Gasteiger partial charge < -0.3 is 19.6 Å². The molecule has 126 valence electrons. The summed E-state index contributed by atoms with van der Waals surface area (Å²) in [6, 6.07) is 5.65. The van der Waals surface area contributed by atoms with Gasteiger partial charge in [0.25, 0.3) is 5.91 Å². The van der Waals surface area contributed by atoms with Crippen LogP contribution in [0.15, 0.2) is 18.2 Å². The van der Waals surface area contributed by atoms with Crippen LogP contribution in [-0.2, 0) is 9.59 Å². The lowest BCUT2D eigenvalue weighted by molar-refractivity contribution is -0.140. The summed E-state index contributed by atoms with van der Waals surface area (Å²) < 4.78 is 5.62. The minimum Gasteiger partial charge on any atom is -0.481 e. The number of hydrogen-bond donors (Lipinski definition) is 1. The van der Waals surface area contributed by atoms with Gasteiger partial charge in [0.15, 0.2) is 6.10 Å². The topological polar surface area (TPSA) is 70.1 Å². The quantitative estimate of drug-likeness (QED) is 0.871. The van der Waals surface area contributed by atoms with E-state index in [2.05, 4.69) is 6.92 Å². The van der Waals surface area contributed by atoms with E-state index in [1.165, 1.54) is 0 Å². The second kappa shape index (κ2) is 6.89. The predicted molar refractivity (Wildman–Crippen MR) is 89.2 cm³/mol. The van der Waals surface area contributed by atoms with E-state index in [1.807, 2.05) is 23.1 Å². The van der Waals surface area contributed by atoms with Gasteiger partial charge in [-0.15, -0.1) is 0 Å². The van der Waals surface area contributed by atoms with Gasteiger partial charge in [0, 0.05) is 25.8 Å². The molecule has 2 unspecified atom stereocenters. The summed E-state index contributed by atoms with van der Waals surface area (Å²) in [5.74, 6) is -0.691. The molecule has 2 atom stereocenters. The van der Waals surface area contributed by atoms with Crippen molar-refractivity contribution in [3.63, 3.8) is 0 Å². The summed E-state index contributed by atoms with van der Waals surface area (Å²) in [7, 11) is 1.73. The zero-order chi connectivity index (χ0) is 17.1. The Kier molecular flexibility index (Phi) is 5.13. The number of rotatable bonds is 6. The standard InChI is InChI=1S/C17H24N2O4/c1-5-8-19(10-11(2)17(21)22)13-6-7-15-14(9-13)18(4)16(20)12(3)23-15/h6-7,9,11-12H,5,8,10H2,1-4H3,(H,21,22). The molecule has 1 N–H and O–H groups in total. The molecule has 2 rings (SSSR count). The normalized spacial score (nSPS) is 18.2. The Morgan fingerprint density at radius 1 is 1.48 bits per heavy atom. The molecule has 1 aromatic carbocycles. The number of anilines is 2. The highest BCUT2D eigenvalue weighted by molar-refractivity contribution is 5.99. The zero-order valence-electron chi connectivity index (χ0n) is 14.1. The minimum absolute atomic E-state index is 0.0874. The van der Waals surface area contributed by atoms with Crippen molar-refractivity contribution in [2.24, 2.45) is 5.92 Å². The first-order valence-electron chi connectivity index (χ1n) is 7.91. The van der Waals surface area contributed by atoms with Crippen molar-refractivity contribution in [1.29, 1.82) is 0 Å². The first kappa shape index (κ1) is 17.1. The minimum atomic E-state index is -0.812. The van der Waals surface area contributed by atoms with Gasteiger partial charge in [-0.3, -0.25) is 9.59 Å². The van der Waals surface area contributed by atoms with Crippen LogP contribution in [-0.4, -0.2) is 43.2 Å². The summed E-state index contributed by atoms with van der Waals surface area (Å²) in [6.45, 7) is 6.66. The van der Waals surface area contributed by atoms with Crippen LogP contribution >= 0.6 is 0 Å². The number of carboxylic acid groups (broad SMARTS) is 1. The fourth-order valence-electron chi connectivity index (χ4n) is 2.70. The number of carboxylic acids is 1. The maximum atomic E-state index is 12.1. The number of amides is 1. The molecule has 1 heterocycles. The van der Waals surface area contributed by atoms with E-state index in [9.17, 15) is 9.59 Å². The van der Waals surface area contributed by atoms with E-state index in [0.717, 1.165) is 24.3 Å². The van der Waals surface area contributed by atoms with Crippen LogP contribution in [0.4, 0.5) is 11.4 Å². The highest BCUT2D eigenvalue weighted by Gasteiger charge is 2.29. The molecule has 0 aromatic heterocycles. The number of ether oxygens (including phenoxy) is 1. The van der Waals surface area contributed by atoms with Crippen LogP contribution < -0.4 is 14.5 Å². The van der Waals surface area contributed by atoms with Gasteiger partial charge in [0.1, 0.15) is 5.75 Å². The molecule has 6 heteroatoms. The van der Waals surface area contributed by atoms with E-state index in [4.69, 9.17) is 9.84 Å². The molecule has 0 bridgehead atoms. The van der Waals surface area contributed by atoms with Crippen LogP contribution in [0.25, 0.3) is 0 Å². The van der Waals surface area contributed by atoms with Gasteiger partial charge in [-0.25, -0.2) is 0 Å². The highest BCUT2D eigenvalue weighted by Crippen LogP contribution is 2.36. The average Bonchev–Trinajstić information content (AvgIpc) is 2.52. The first-order valence-corrected chi connectivity index (χ1v) is 7.91. The Balaban J connectivity index is 2.31. The highest BCUT2D eigenvalue weighted by atomic mass is 16.5. The van der Waals surface area contributed by atoms with Gasteiger partial charge in [0.2, 0.25) is 0 Å². The van der Waals surface area contributed by atoms with Crippen molar-refractivity contribution >= 4 is 23.3 Å². The second-order valence-electron chi connectivity index (χ2n) is 5.99. The van der Waals surface area contributed by atoms with E-state index in [-0.39, 0.29) is 5.91 Å². The summed E-state index contributed by atoms with van der Waals surface area (Å²) in [6.07, 6.45) is 0.420. The van der Waals surface area contributed by atoms with Gasteiger partial charge >= 0.3 is 5.97 Å². The number of likely N-dealkylation sites (N-methyl/N-ethyl adjacent to an activating group) is 1. The lowest BCUT2D eigenvalue weighted by Gasteiger charge is -2.32. The Bertz CT molecular complexity index is 602. The van der Waals surface area contributed by atoms with Crippen LogP contribution in [0.5, 0.6) is 5.75 Å². The van der Waals surface area contributed by atoms with Gasteiger partial charge in [-0.1, -0.05) is 13.8 Å². The molecule has 0 fully saturated rings. The predicted octanol–water partition coefficient (Wildman–Crippen LogP) is 2.37. The third kappa shape index (κ3) is 3.57. The molecule has 0 saturated carbocycles. The van der Waals surface area contributed by atoms with Crippen molar-refractivity contribution in [3.05, 3.63) is 18.2 Å². The molecular formula is C17H24N2O4. The molecular weight excluding hydrogens is 296 g/mol. The fourth-order valence-corrected chi connectivity index (χ4v) is 2.70. The average molecular weight is 320 g/mol. The van der Waals surface area contributed by atoms with Crippen molar-refractivity contribution < 1.29 is 19.4 Å². The van der Waals surface area contributed by atoms with Crippen LogP contribution in [0.2, 0.25) is 0 Å². The fraction of sp³-hybridized carbons (Fsp3) is 0.529. The Morgan fingerprint density at radius 3 is 2.78 bits per heavy atom. The van der Waals surface area contributed by atoms with Crippen molar-refractivity contribution in [2.45, 2.75) is 33.3 Å². The van der Waals surface area contributed by atoms with E-state index < -0.39 is 18.0 Å². The maximum absolute atomic E-state index is 12.1. The summed E-state index contributed by atoms with van der Waals surface area (Å²) in [4.78, 5) is 26.8. The third-order valence-corrected chi connectivity index (χ3v) is 4.06. The maximum Gasteiger partial charge on any atom is 0.308 e. The summed E-state index contributed by atoms with van der Waals surface area (Å²) in [5.41, 5.74) is 1.62. The molecule has 23 heavy (non-hydrogen) atoms. The lowest BCUT2D eigenvalue weighted by Crippen LogP contribution is -2.42. The third-order valence-electron chi connectivity index (χ3n) is 4.06. The number of fused-ring (bicyclic) bond motifs is 1. The molecule has 1 amide bonds. The second-order valence-corrected chi connectivity index (χ2v) is 5.99. The van der Waals surface area contributed by atoms with Gasteiger partial charge in [-0.2, -0.15) is 0 Å². The van der Waals surface area contributed by atoms with Crippen molar-refractivity contribution in [2.75, 3.05) is 29.9 Å². The van der Waals surface area contributed by atoms with E-state index in [1.54, 1.807) is 25.8 Å². The smallest absolute Gasteiger partial charge is 0.308 e. The molecule has 0 aliphatic carbocycles. The van der Waals surface area contributed by atoms with Crippen LogP contribution in [0.1, 0.15) is 27.2 Å². The van der Waals surface area contributed by atoms with E-state index in [0.29, 0.717) is 12.3 Å². The summed E-state index contributed by atoms with van der Waals surface area (Å²) >= 11 is 0. The van der Waals surface area contributed by atoms with Crippen molar-refractivity contribution in [1.82, 2.24) is 0 Å². The number of carbonyl (C=O) groups excluding carboxylic acids is 1.